The summed E-state index contributed by atoms with van der Waals surface area (Å²) in [6, 6.07) is 6.95. The first-order valence-corrected chi connectivity index (χ1v) is 10.5. The highest BCUT2D eigenvalue weighted by atomic mass is 32.2. The highest BCUT2D eigenvalue weighted by molar-refractivity contribution is 8.00. The summed E-state index contributed by atoms with van der Waals surface area (Å²) in [6.45, 7) is 3.38. The number of hydrogen-bond acceptors (Lipinski definition) is 8. The minimum atomic E-state index is -0.554. The van der Waals surface area contributed by atoms with Gasteiger partial charge in [0.15, 0.2) is 9.99 Å². The molecule has 0 aliphatic heterocycles. The number of aryl methyl sites for hydroxylation is 2. The lowest BCUT2D eigenvalue weighted by atomic mass is 10.2. The van der Waals surface area contributed by atoms with Crippen LogP contribution in [0.15, 0.2) is 44.0 Å². The Labute approximate surface area is 177 Å². The summed E-state index contributed by atoms with van der Waals surface area (Å²) in [7, 11) is 0. The topological polar surface area (TPSA) is 114 Å². The van der Waals surface area contributed by atoms with Crippen LogP contribution in [0.2, 0.25) is 0 Å². The minimum Gasteiger partial charge on any atom is -0.375 e. The summed E-state index contributed by atoms with van der Waals surface area (Å²) >= 11 is 2.51. The van der Waals surface area contributed by atoms with Crippen molar-refractivity contribution >= 4 is 45.6 Å². The molecule has 154 valence electrons. The molecule has 4 aromatic rings. The van der Waals surface area contributed by atoms with E-state index in [0.717, 1.165) is 4.57 Å². The summed E-state index contributed by atoms with van der Waals surface area (Å²) in [5.74, 6) is 0.592. The number of rotatable bonds is 5. The zero-order valence-corrected chi connectivity index (χ0v) is 17.4. The largest absolute Gasteiger partial charge is 0.375 e. The Bertz CT molecular complexity index is 1300. The van der Waals surface area contributed by atoms with E-state index in [1.54, 1.807) is 32.0 Å². The fraction of sp³-hybridized carbons (Fsp3) is 0.167. The van der Waals surface area contributed by atoms with Gasteiger partial charge in [-0.3, -0.25) is 10.1 Å². The quantitative estimate of drug-likeness (QED) is 0.354. The van der Waals surface area contributed by atoms with E-state index < -0.39 is 11.8 Å². The smallest absolute Gasteiger partial charge is 0.325 e. The Morgan fingerprint density at radius 1 is 1.23 bits per heavy atom. The van der Waals surface area contributed by atoms with Gasteiger partial charge in [-0.1, -0.05) is 29.2 Å². The number of carbonyl (C=O) groups excluding carboxylic acids is 1. The molecule has 3 heterocycles. The molecule has 0 spiro atoms. The van der Waals surface area contributed by atoms with E-state index in [1.165, 1.54) is 35.2 Å². The lowest BCUT2D eigenvalue weighted by Crippen LogP contribution is -2.19. The van der Waals surface area contributed by atoms with Gasteiger partial charge in [0.1, 0.15) is 11.6 Å². The summed E-state index contributed by atoms with van der Waals surface area (Å²) in [5.41, 5.74) is 1.55. The maximum atomic E-state index is 13.6. The molecule has 2 N–H and O–H groups in total. The van der Waals surface area contributed by atoms with Crippen LogP contribution in [0.4, 0.5) is 20.0 Å². The fourth-order valence-electron chi connectivity index (χ4n) is 2.53. The van der Waals surface area contributed by atoms with Crippen LogP contribution < -0.4 is 16.2 Å². The van der Waals surface area contributed by atoms with Crippen molar-refractivity contribution in [2.75, 3.05) is 10.6 Å². The molecule has 1 aromatic carbocycles. The second-order valence-electron chi connectivity index (χ2n) is 6.29. The van der Waals surface area contributed by atoms with E-state index in [4.69, 9.17) is 4.52 Å². The highest BCUT2D eigenvalue weighted by Gasteiger charge is 2.12. The number of amides is 2. The van der Waals surface area contributed by atoms with E-state index >= 15 is 0 Å². The van der Waals surface area contributed by atoms with E-state index in [9.17, 15) is 14.0 Å². The standard InChI is InChI=1S/C18H15FN6O3S2/c1-9-3-4-11(6-13(9)19)21-16(27)22-17-23-24-18(30-17)29-8-12-7-15(26)25-14(20-12)5-10(2)28-25/h3-7H,8H2,1-2H3,(H2,21,22,23,27). The van der Waals surface area contributed by atoms with Crippen LogP contribution in [-0.2, 0) is 5.75 Å². The maximum absolute atomic E-state index is 13.6. The number of hydrogen-bond donors (Lipinski definition) is 2. The van der Waals surface area contributed by atoms with Crippen LogP contribution >= 0.6 is 23.1 Å². The number of carbonyl (C=O) groups is 1. The molecule has 30 heavy (non-hydrogen) atoms. The van der Waals surface area contributed by atoms with Gasteiger partial charge in [-0.2, -0.15) is 0 Å². The van der Waals surface area contributed by atoms with Crippen LogP contribution in [-0.4, -0.2) is 25.8 Å². The summed E-state index contributed by atoms with van der Waals surface area (Å²) in [4.78, 5) is 28.5. The number of halogens is 1. The molecule has 2 amide bonds. The first kappa shape index (κ1) is 20.0. The van der Waals surface area contributed by atoms with Crippen molar-refractivity contribution < 1.29 is 13.7 Å². The van der Waals surface area contributed by atoms with Crippen molar-refractivity contribution in [2.45, 2.75) is 23.9 Å². The summed E-state index contributed by atoms with van der Waals surface area (Å²) in [6.07, 6.45) is 0. The van der Waals surface area contributed by atoms with Gasteiger partial charge in [0.25, 0.3) is 5.56 Å². The summed E-state index contributed by atoms with van der Waals surface area (Å²) in [5, 5.41) is 13.3. The average Bonchev–Trinajstić information content (AvgIpc) is 3.29. The number of nitrogens with one attached hydrogen (secondary N) is 2. The minimum absolute atomic E-state index is 0.288. The van der Waals surface area contributed by atoms with Crippen LogP contribution in [0.25, 0.3) is 5.65 Å². The third-order valence-electron chi connectivity index (χ3n) is 3.92. The third kappa shape index (κ3) is 4.49. The third-order valence-corrected chi connectivity index (χ3v) is 5.93. The van der Waals surface area contributed by atoms with Crippen molar-refractivity contribution in [1.82, 2.24) is 19.8 Å². The van der Waals surface area contributed by atoms with Gasteiger partial charge in [-0.15, -0.1) is 14.8 Å². The molecular formula is C18H15FN6O3S2. The fourth-order valence-corrected chi connectivity index (χ4v) is 4.17. The number of benzene rings is 1. The van der Waals surface area contributed by atoms with Crippen LogP contribution in [0, 0.1) is 19.7 Å². The van der Waals surface area contributed by atoms with Crippen LogP contribution in [0.3, 0.4) is 0 Å². The maximum Gasteiger partial charge on any atom is 0.325 e. The SMILES string of the molecule is Cc1cc2nc(CSc3nnc(NC(=O)Nc4ccc(C)c(F)c4)s3)cc(=O)n2o1. The molecule has 0 unspecified atom stereocenters. The van der Waals surface area contributed by atoms with Gasteiger partial charge >= 0.3 is 6.03 Å². The molecule has 0 saturated heterocycles. The molecule has 4 rings (SSSR count). The van der Waals surface area contributed by atoms with E-state index in [-0.39, 0.29) is 10.7 Å². The van der Waals surface area contributed by atoms with E-state index in [0.29, 0.717) is 38.4 Å². The molecule has 9 nitrogen and oxygen atoms in total. The van der Waals surface area contributed by atoms with Gasteiger partial charge in [0.05, 0.1) is 5.69 Å². The number of anilines is 2. The van der Waals surface area contributed by atoms with Crippen LogP contribution in [0.5, 0.6) is 0 Å². The second kappa shape index (κ2) is 8.24. The van der Waals surface area contributed by atoms with Crippen molar-refractivity contribution in [3.8, 4) is 0 Å². The Hall–Kier alpha value is -3.25. The molecule has 0 aliphatic rings. The molecule has 0 radical (unpaired) electrons. The number of aromatic nitrogens is 4. The first-order valence-electron chi connectivity index (χ1n) is 8.67. The van der Waals surface area contributed by atoms with Gasteiger partial charge in [0, 0.05) is 23.6 Å². The van der Waals surface area contributed by atoms with Gasteiger partial charge in [0.2, 0.25) is 5.13 Å². The lowest BCUT2D eigenvalue weighted by Gasteiger charge is -2.06. The highest BCUT2D eigenvalue weighted by Crippen LogP contribution is 2.28. The first-order chi connectivity index (χ1) is 14.4. The van der Waals surface area contributed by atoms with E-state index in [1.807, 2.05) is 0 Å². The molecule has 0 aliphatic carbocycles. The zero-order valence-electron chi connectivity index (χ0n) is 15.8. The molecule has 3 aromatic heterocycles. The van der Waals surface area contributed by atoms with Crippen molar-refractivity contribution in [3.05, 3.63) is 63.5 Å². The Morgan fingerprint density at radius 2 is 2.07 bits per heavy atom. The zero-order chi connectivity index (χ0) is 21.3. The van der Waals surface area contributed by atoms with Crippen molar-refractivity contribution in [3.63, 3.8) is 0 Å². The number of thioether (sulfide) groups is 1. The molecule has 12 heteroatoms. The Balaban J connectivity index is 1.36. The molecule has 0 saturated carbocycles. The van der Waals surface area contributed by atoms with Crippen molar-refractivity contribution in [2.24, 2.45) is 0 Å². The normalized spacial score (nSPS) is 11.0. The molecule has 0 bridgehead atoms. The predicted molar refractivity (Wildman–Crippen MR) is 112 cm³/mol. The lowest BCUT2D eigenvalue weighted by molar-refractivity contribution is 0.262. The number of nitrogens with zero attached hydrogens (tertiary/aromatic N) is 4. The number of urea groups is 1. The Kier molecular flexibility index (Phi) is 5.50. The molecule has 0 atom stereocenters. The number of fused-ring (bicyclic) bond motifs is 1. The second-order valence-corrected chi connectivity index (χ2v) is 8.49. The monoisotopic (exact) mass is 446 g/mol. The van der Waals surface area contributed by atoms with Gasteiger partial charge in [-0.25, -0.2) is 14.2 Å². The summed E-state index contributed by atoms with van der Waals surface area (Å²) < 4.78 is 20.6. The Morgan fingerprint density at radius 3 is 2.87 bits per heavy atom. The van der Waals surface area contributed by atoms with Gasteiger partial charge < -0.3 is 9.84 Å². The van der Waals surface area contributed by atoms with Crippen molar-refractivity contribution in [1.29, 1.82) is 0 Å². The molecular weight excluding hydrogens is 431 g/mol. The van der Waals surface area contributed by atoms with E-state index in [2.05, 4.69) is 25.8 Å². The predicted octanol–water partition coefficient (Wildman–Crippen LogP) is 3.83. The van der Waals surface area contributed by atoms with Gasteiger partial charge in [-0.05, 0) is 31.5 Å². The average molecular weight is 446 g/mol. The van der Waals surface area contributed by atoms with Crippen LogP contribution in [0.1, 0.15) is 17.0 Å². The molecule has 0 fully saturated rings.